The van der Waals surface area contributed by atoms with Crippen molar-refractivity contribution in [3.05, 3.63) is 47.3 Å². The van der Waals surface area contributed by atoms with Gasteiger partial charge >= 0.3 is 0 Å². The number of nitrogens with one attached hydrogen (secondary N) is 1. The number of anilines is 1. The highest BCUT2D eigenvalue weighted by atomic mass is 15.2. The first kappa shape index (κ1) is 14.1. The molecule has 3 rings (SSSR count). The molecule has 0 amide bonds. The molecule has 0 radical (unpaired) electrons. The molecule has 1 aliphatic rings. The summed E-state index contributed by atoms with van der Waals surface area (Å²) in [5.41, 5.74) is 5.59. The predicted octanol–water partition coefficient (Wildman–Crippen LogP) is 2.31. The SMILES string of the molecule is CNC(C)c1ccc2c(c1)CCN2CCc1cnn(C)c1. The molecule has 0 aliphatic carbocycles. The summed E-state index contributed by atoms with van der Waals surface area (Å²) in [7, 11) is 3.98. The third-order valence-electron chi connectivity index (χ3n) is 4.46. The molecule has 1 aromatic carbocycles. The fraction of sp³-hybridized carbons (Fsp3) is 0.471. The van der Waals surface area contributed by atoms with E-state index < -0.39 is 0 Å². The number of benzene rings is 1. The van der Waals surface area contributed by atoms with E-state index in [1.165, 1.54) is 22.4 Å². The Morgan fingerprint density at radius 1 is 1.38 bits per heavy atom. The van der Waals surface area contributed by atoms with Crippen molar-refractivity contribution in [2.24, 2.45) is 7.05 Å². The molecule has 1 N–H and O–H groups in total. The lowest BCUT2D eigenvalue weighted by atomic mass is 10.0. The maximum atomic E-state index is 4.24. The molecule has 0 spiro atoms. The third-order valence-corrected chi connectivity index (χ3v) is 4.46. The lowest BCUT2D eigenvalue weighted by Gasteiger charge is -2.20. The average Bonchev–Trinajstić information content (AvgIpc) is 3.09. The van der Waals surface area contributed by atoms with Crippen molar-refractivity contribution >= 4 is 5.69 Å². The molecular formula is C17H24N4. The lowest BCUT2D eigenvalue weighted by Crippen LogP contribution is -2.23. The highest BCUT2D eigenvalue weighted by molar-refractivity contribution is 5.59. The monoisotopic (exact) mass is 284 g/mol. The zero-order valence-corrected chi connectivity index (χ0v) is 13.1. The quantitative estimate of drug-likeness (QED) is 0.914. The van der Waals surface area contributed by atoms with Crippen LogP contribution in [-0.2, 0) is 19.9 Å². The molecule has 1 aliphatic heterocycles. The van der Waals surface area contributed by atoms with E-state index in [0.29, 0.717) is 6.04 Å². The summed E-state index contributed by atoms with van der Waals surface area (Å²) < 4.78 is 1.87. The second-order valence-electron chi connectivity index (χ2n) is 5.91. The standard InChI is InChI=1S/C17H24N4/c1-13(18-2)15-4-5-17-16(10-15)7-9-21(17)8-6-14-11-19-20(3)12-14/h4-5,10-13,18H,6-9H2,1-3H3. The molecule has 0 fully saturated rings. The van der Waals surface area contributed by atoms with Gasteiger partial charge in [0.05, 0.1) is 6.20 Å². The Bertz CT molecular complexity index is 617. The van der Waals surface area contributed by atoms with Gasteiger partial charge in [-0.1, -0.05) is 12.1 Å². The van der Waals surface area contributed by atoms with Crippen molar-refractivity contribution in [3.8, 4) is 0 Å². The summed E-state index contributed by atoms with van der Waals surface area (Å²) in [5, 5.41) is 7.55. The normalized spacial score (nSPS) is 15.3. The maximum Gasteiger partial charge on any atom is 0.0522 e. The molecule has 112 valence electrons. The van der Waals surface area contributed by atoms with Crippen molar-refractivity contribution in [2.75, 3.05) is 25.0 Å². The molecule has 0 bridgehead atoms. The van der Waals surface area contributed by atoms with E-state index in [2.05, 4.69) is 46.6 Å². The Morgan fingerprint density at radius 2 is 2.24 bits per heavy atom. The van der Waals surface area contributed by atoms with Crippen LogP contribution >= 0.6 is 0 Å². The van der Waals surface area contributed by atoms with Gasteiger partial charge in [0.25, 0.3) is 0 Å². The molecular weight excluding hydrogens is 260 g/mol. The fourth-order valence-corrected chi connectivity index (χ4v) is 3.02. The molecule has 1 aromatic heterocycles. The van der Waals surface area contributed by atoms with E-state index in [9.17, 15) is 0 Å². The van der Waals surface area contributed by atoms with Crippen LogP contribution in [0.5, 0.6) is 0 Å². The van der Waals surface area contributed by atoms with Gasteiger partial charge in [-0.3, -0.25) is 4.68 Å². The van der Waals surface area contributed by atoms with E-state index in [4.69, 9.17) is 0 Å². The van der Waals surface area contributed by atoms with Crippen molar-refractivity contribution in [3.63, 3.8) is 0 Å². The summed E-state index contributed by atoms with van der Waals surface area (Å²) in [4.78, 5) is 2.50. The molecule has 2 heterocycles. The largest absolute Gasteiger partial charge is 0.371 e. The minimum atomic E-state index is 0.416. The maximum absolute atomic E-state index is 4.24. The van der Waals surface area contributed by atoms with Crippen LogP contribution in [0.3, 0.4) is 0 Å². The van der Waals surface area contributed by atoms with E-state index in [-0.39, 0.29) is 0 Å². The summed E-state index contributed by atoms with van der Waals surface area (Å²) >= 11 is 0. The van der Waals surface area contributed by atoms with Gasteiger partial charge in [0, 0.05) is 38.1 Å². The minimum absolute atomic E-state index is 0.416. The minimum Gasteiger partial charge on any atom is -0.371 e. The van der Waals surface area contributed by atoms with Crippen molar-refractivity contribution in [1.29, 1.82) is 0 Å². The van der Waals surface area contributed by atoms with E-state index in [1.54, 1.807) is 0 Å². The van der Waals surface area contributed by atoms with Crippen LogP contribution in [0.1, 0.15) is 29.7 Å². The van der Waals surface area contributed by atoms with Gasteiger partial charge in [0.2, 0.25) is 0 Å². The van der Waals surface area contributed by atoms with Crippen molar-refractivity contribution in [2.45, 2.75) is 25.8 Å². The number of aryl methyl sites for hydroxylation is 1. The van der Waals surface area contributed by atoms with Gasteiger partial charge in [-0.15, -0.1) is 0 Å². The van der Waals surface area contributed by atoms with Crippen LogP contribution in [0, 0.1) is 0 Å². The highest BCUT2D eigenvalue weighted by Crippen LogP contribution is 2.30. The molecule has 0 saturated heterocycles. The zero-order valence-electron chi connectivity index (χ0n) is 13.1. The molecule has 4 heteroatoms. The van der Waals surface area contributed by atoms with Crippen LogP contribution in [0.15, 0.2) is 30.6 Å². The second-order valence-corrected chi connectivity index (χ2v) is 5.91. The summed E-state index contributed by atoms with van der Waals surface area (Å²) in [6, 6.07) is 7.32. The molecule has 1 unspecified atom stereocenters. The van der Waals surface area contributed by atoms with Gasteiger partial charge in [0.1, 0.15) is 0 Å². The predicted molar refractivity (Wildman–Crippen MR) is 86.7 cm³/mol. The van der Waals surface area contributed by atoms with Gasteiger partial charge in [-0.25, -0.2) is 0 Å². The summed E-state index contributed by atoms with van der Waals surface area (Å²) in [5.74, 6) is 0. The highest BCUT2D eigenvalue weighted by Gasteiger charge is 2.19. The summed E-state index contributed by atoms with van der Waals surface area (Å²) in [6.45, 7) is 4.41. The van der Waals surface area contributed by atoms with Crippen molar-refractivity contribution in [1.82, 2.24) is 15.1 Å². The Balaban J connectivity index is 1.69. The van der Waals surface area contributed by atoms with E-state index in [0.717, 1.165) is 25.9 Å². The fourth-order valence-electron chi connectivity index (χ4n) is 3.02. The van der Waals surface area contributed by atoms with Crippen LogP contribution in [0.25, 0.3) is 0 Å². The van der Waals surface area contributed by atoms with Crippen LogP contribution in [-0.4, -0.2) is 29.9 Å². The Hall–Kier alpha value is -1.81. The first-order valence-electron chi connectivity index (χ1n) is 7.70. The van der Waals surface area contributed by atoms with Crippen LogP contribution in [0.4, 0.5) is 5.69 Å². The van der Waals surface area contributed by atoms with E-state index in [1.807, 2.05) is 25.0 Å². The third kappa shape index (κ3) is 2.95. The molecule has 0 saturated carbocycles. The van der Waals surface area contributed by atoms with Gasteiger partial charge in [0.15, 0.2) is 0 Å². The summed E-state index contributed by atoms with van der Waals surface area (Å²) in [6.07, 6.45) is 6.29. The molecule has 4 nitrogen and oxygen atoms in total. The number of rotatable bonds is 5. The van der Waals surface area contributed by atoms with Crippen LogP contribution in [0.2, 0.25) is 0 Å². The van der Waals surface area contributed by atoms with E-state index >= 15 is 0 Å². The average molecular weight is 284 g/mol. The molecule has 2 aromatic rings. The number of hydrogen-bond acceptors (Lipinski definition) is 3. The Kier molecular flexibility index (Phi) is 3.97. The number of fused-ring (bicyclic) bond motifs is 1. The molecule has 1 atom stereocenters. The first-order valence-corrected chi connectivity index (χ1v) is 7.70. The van der Waals surface area contributed by atoms with Crippen LogP contribution < -0.4 is 10.2 Å². The zero-order chi connectivity index (χ0) is 14.8. The smallest absolute Gasteiger partial charge is 0.0522 e. The number of nitrogens with zero attached hydrogens (tertiary/aromatic N) is 3. The van der Waals surface area contributed by atoms with Gasteiger partial charge in [-0.05, 0) is 49.6 Å². The second kappa shape index (κ2) is 5.90. The first-order chi connectivity index (χ1) is 10.2. The van der Waals surface area contributed by atoms with Crippen molar-refractivity contribution < 1.29 is 0 Å². The molecule has 21 heavy (non-hydrogen) atoms. The van der Waals surface area contributed by atoms with Gasteiger partial charge < -0.3 is 10.2 Å². The van der Waals surface area contributed by atoms with Gasteiger partial charge in [-0.2, -0.15) is 5.10 Å². The topological polar surface area (TPSA) is 33.1 Å². The lowest BCUT2D eigenvalue weighted by molar-refractivity contribution is 0.652. The Labute approximate surface area is 126 Å². The number of hydrogen-bond donors (Lipinski definition) is 1. The number of aromatic nitrogens is 2. The Morgan fingerprint density at radius 3 is 2.95 bits per heavy atom.